The summed E-state index contributed by atoms with van der Waals surface area (Å²) in [5.74, 6) is 0. The van der Waals surface area contributed by atoms with E-state index >= 15 is 0 Å². The minimum atomic E-state index is 0.243. The minimum Gasteiger partial charge on any atom is -0.293 e. The lowest BCUT2D eigenvalue weighted by molar-refractivity contribution is 0.647. The van der Waals surface area contributed by atoms with Crippen LogP contribution in [0.4, 0.5) is 0 Å². The third-order valence-electron chi connectivity index (χ3n) is 2.24. The van der Waals surface area contributed by atoms with Gasteiger partial charge in [-0.1, -0.05) is 31.4 Å². The van der Waals surface area contributed by atoms with Crippen LogP contribution in [0.15, 0.2) is 16.6 Å². The predicted octanol–water partition coefficient (Wildman–Crippen LogP) is 4.23. The fraction of sp³-hybridized carbons (Fsp3) is 0.786. The summed E-state index contributed by atoms with van der Waals surface area (Å²) in [4.78, 5) is 4.35. The first kappa shape index (κ1) is 16.7. The second-order valence-electron chi connectivity index (χ2n) is 5.09. The highest BCUT2D eigenvalue weighted by atomic mass is 32.2. The monoisotopic (exact) mass is 256 g/mol. The summed E-state index contributed by atoms with van der Waals surface area (Å²) in [5, 5.41) is 0. The highest BCUT2D eigenvalue weighted by molar-refractivity contribution is 7.98. The van der Waals surface area contributed by atoms with Gasteiger partial charge in [-0.2, -0.15) is 0 Å². The molecule has 17 heavy (non-hydrogen) atoms. The van der Waals surface area contributed by atoms with Crippen LogP contribution >= 0.6 is 11.9 Å². The lowest BCUT2D eigenvalue weighted by atomic mass is 10.0. The molecule has 0 aliphatic heterocycles. The van der Waals surface area contributed by atoms with Crippen molar-refractivity contribution >= 4 is 18.2 Å². The van der Waals surface area contributed by atoms with Crippen LogP contribution in [0.25, 0.3) is 0 Å². The van der Waals surface area contributed by atoms with E-state index in [1.165, 1.54) is 12.0 Å². The molecular formula is C14H28N2S. The van der Waals surface area contributed by atoms with Gasteiger partial charge in [0.1, 0.15) is 0 Å². The second kappa shape index (κ2) is 8.76. The summed E-state index contributed by atoms with van der Waals surface area (Å²) in [7, 11) is 0. The van der Waals surface area contributed by atoms with Crippen molar-refractivity contribution in [3.63, 3.8) is 0 Å². The van der Waals surface area contributed by atoms with E-state index in [9.17, 15) is 0 Å². The Morgan fingerprint density at radius 3 is 2.41 bits per heavy atom. The summed E-state index contributed by atoms with van der Waals surface area (Å²) < 4.78 is 3.82. The van der Waals surface area contributed by atoms with E-state index in [2.05, 4.69) is 57.3 Å². The first-order valence-corrected chi connectivity index (χ1v) is 7.35. The molecule has 0 rings (SSSR count). The zero-order valence-electron chi connectivity index (χ0n) is 12.2. The molecular weight excluding hydrogens is 228 g/mol. The number of nitrogens with one attached hydrogen (secondary N) is 1. The van der Waals surface area contributed by atoms with Crippen LogP contribution in [0, 0.1) is 0 Å². The summed E-state index contributed by atoms with van der Waals surface area (Å²) in [6.45, 7) is 13.9. The van der Waals surface area contributed by atoms with Crippen LogP contribution in [-0.4, -0.2) is 23.5 Å². The Balaban J connectivity index is 4.53. The average Bonchev–Trinajstić information content (AvgIpc) is 2.25. The minimum absolute atomic E-state index is 0.243. The Kier molecular flexibility index (Phi) is 8.61. The zero-order valence-corrected chi connectivity index (χ0v) is 13.0. The van der Waals surface area contributed by atoms with Gasteiger partial charge in [0.2, 0.25) is 0 Å². The van der Waals surface area contributed by atoms with Gasteiger partial charge in [-0.3, -0.25) is 9.71 Å². The first-order chi connectivity index (χ1) is 7.94. The molecule has 0 heterocycles. The average molecular weight is 256 g/mol. The molecule has 0 aliphatic carbocycles. The molecule has 0 radical (unpaired) electrons. The zero-order chi connectivity index (χ0) is 13.3. The first-order valence-electron chi connectivity index (χ1n) is 6.54. The molecule has 1 atom stereocenters. The van der Waals surface area contributed by atoms with Gasteiger partial charge in [0.25, 0.3) is 0 Å². The fourth-order valence-corrected chi connectivity index (χ4v) is 2.14. The molecule has 100 valence electrons. The van der Waals surface area contributed by atoms with E-state index < -0.39 is 0 Å². The predicted molar refractivity (Wildman–Crippen MR) is 82.0 cm³/mol. The number of aliphatic imine (C=N–C) groups is 1. The Labute approximate surface area is 111 Å². The largest absolute Gasteiger partial charge is 0.293 e. The number of hydrogen-bond acceptors (Lipinski definition) is 3. The van der Waals surface area contributed by atoms with Gasteiger partial charge in [-0.15, -0.1) is 0 Å². The van der Waals surface area contributed by atoms with Crippen LogP contribution in [0.2, 0.25) is 0 Å². The summed E-state index contributed by atoms with van der Waals surface area (Å²) in [6.07, 6.45) is 6.50. The Bertz CT molecular complexity index is 251. The normalized spacial score (nSPS) is 15.5. The van der Waals surface area contributed by atoms with Crippen molar-refractivity contribution in [1.82, 2.24) is 4.72 Å². The summed E-state index contributed by atoms with van der Waals surface area (Å²) >= 11 is 1.81. The maximum atomic E-state index is 4.35. The van der Waals surface area contributed by atoms with Gasteiger partial charge in [0.15, 0.2) is 0 Å². The van der Waals surface area contributed by atoms with Crippen LogP contribution < -0.4 is 4.72 Å². The van der Waals surface area contributed by atoms with Crippen molar-refractivity contribution in [3.8, 4) is 0 Å². The number of rotatable bonds is 7. The third-order valence-corrected chi connectivity index (χ3v) is 3.26. The van der Waals surface area contributed by atoms with Crippen LogP contribution in [0.5, 0.6) is 0 Å². The molecule has 0 spiro atoms. The molecule has 0 bridgehead atoms. The third kappa shape index (κ3) is 8.44. The van der Waals surface area contributed by atoms with Gasteiger partial charge < -0.3 is 0 Å². The molecule has 0 aliphatic rings. The van der Waals surface area contributed by atoms with E-state index in [0.717, 1.165) is 13.0 Å². The molecule has 3 heteroatoms. The standard InChI is InChI=1S/C14H28N2S/c1-7-10-13(16-17-14(4,5)6)12(8-2)11-15-9-3/h8,11,13,16H,7,9-10H2,1-6H3/b12-8+,15-11?. The molecule has 0 fully saturated rings. The molecule has 1 N–H and O–H groups in total. The van der Waals surface area contributed by atoms with Gasteiger partial charge in [-0.05, 0) is 46.6 Å². The van der Waals surface area contributed by atoms with Crippen molar-refractivity contribution in [2.75, 3.05) is 6.54 Å². The van der Waals surface area contributed by atoms with Gasteiger partial charge in [-0.25, -0.2) is 0 Å². The van der Waals surface area contributed by atoms with E-state index in [1.807, 2.05) is 6.21 Å². The van der Waals surface area contributed by atoms with Crippen LogP contribution in [0.1, 0.15) is 54.4 Å². The van der Waals surface area contributed by atoms with Gasteiger partial charge >= 0.3 is 0 Å². The highest BCUT2D eigenvalue weighted by Crippen LogP contribution is 2.22. The lowest BCUT2D eigenvalue weighted by Gasteiger charge is -2.24. The van der Waals surface area contributed by atoms with E-state index in [-0.39, 0.29) is 4.75 Å². The Hall–Kier alpha value is -0.280. The van der Waals surface area contributed by atoms with Crippen molar-refractivity contribution in [1.29, 1.82) is 0 Å². The molecule has 0 aromatic rings. The molecule has 1 unspecified atom stereocenters. The lowest BCUT2D eigenvalue weighted by Crippen LogP contribution is -2.30. The number of hydrogen-bond donors (Lipinski definition) is 1. The van der Waals surface area contributed by atoms with Crippen molar-refractivity contribution in [2.45, 2.75) is 65.2 Å². The van der Waals surface area contributed by atoms with E-state index in [0.29, 0.717) is 6.04 Å². The topological polar surface area (TPSA) is 24.4 Å². The SMILES string of the molecule is C/C=C(\C=NCC)C(CCC)NSC(C)(C)C. The van der Waals surface area contributed by atoms with Gasteiger partial charge in [0.05, 0.1) is 0 Å². The fourth-order valence-electron chi connectivity index (χ4n) is 1.39. The molecule has 0 aromatic heterocycles. The smallest absolute Gasteiger partial charge is 0.0433 e. The maximum absolute atomic E-state index is 4.35. The number of allylic oxidation sites excluding steroid dienone is 1. The van der Waals surface area contributed by atoms with E-state index in [1.54, 1.807) is 11.9 Å². The molecule has 0 saturated heterocycles. The summed E-state index contributed by atoms with van der Waals surface area (Å²) in [5.41, 5.74) is 1.30. The molecule has 0 amide bonds. The quantitative estimate of drug-likeness (QED) is 0.544. The van der Waals surface area contributed by atoms with Crippen LogP contribution in [-0.2, 0) is 0 Å². The highest BCUT2D eigenvalue weighted by Gasteiger charge is 2.16. The van der Waals surface area contributed by atoms with Crippen molar-refractivity contribution in [2.24, 2.45) is 4.99 Å². The molecule has 2 nitrogen and oxygen atoms in total. The molecule has 0 saturated carbocycles. The van der Waals surface area contributed by atoms with Crippen molar-refractivity contribution < 1.29 is 0 Å². The van der Waals surface area contributed by atoms with Crippen LogP contribution in [0.3, 0.4) is 0 Å². The van der Waals surface area contributed by atoms with Crippen molar-refractivity contribution in [3.05, 3.63) is 11.6 Å². The number of nitrogens with zero attached hydrogens (tertiary/aromatic N) is 1. The summed E-state index contributed by atoms with van der Waals surface area (Å²) in [6, 6.07) is 0.407. The Morgan fingerprint density at radius 1 is 1.35 bits per heavy atom. The second-order valence-corrected chi connectivity index (χ2v) is 6.75. The Morgan fingerprint density at radius 2 is 2.00 bits per heavy atom. The van der Waals surface area contributed by atoms with Gasteiger partial charge in [0, 0.05) is 23.5 Å². The molecule has 0 aromatic carbocycles. The van der Waals surface area contributed by atoms with E-state index in [4.69, 9.17) is 0 Å². The maximum Gasteiger partial charge on any atom is 0.0433 e.